The summed E-state index contributed by atoms with van der Waals surface area (Å²) in [7, 11) is 2.00. The standard InChI is InChI=1S/C8H14N4S/c1-12(5-6-13-2)7-3-4-10-8(9)11-7/h3-4H,5-6H2,1-2H3,(H2,9,10,11). The third-order valence-electron chi connectivity index (χ3n) is 1.68. The summed E-state index contributed by atoms with van der Waals surface area (Å²) in [4.78, 5) is 10.0. The van der Waals surface area contributed by atoms with Crippen LogP contribution in [0.3, 0.4) is 0 Å². The van der Waals surface area contributed by atoms with Crippen molar-refractivity contribution in [2.45, 2.75) is 0 Å². The van der Waals surface area contributed by atoms with Crippen LogP contribution < -0.4 is 10.6 Å². The Balaban J connectivity index is 2.60. The van der Waals surface area contributed by atoms with Gasteiger partial charge in [0.2, 0.25) is 5.95 Å². The molecule has 2 N–H and O–H groups in total. The van der Waals surface area contributed by atoms with Crippen LogP contribution >= 0.6 is 11.8 Å². The summed E-state index contributed by atoms with van der Waals surface area (Å²) in [6.45, 7) is 0.970. The molecule has 0 spiro atoms. The molecule has 0 fully saturated rings. The Labute approximate surface area is 82.6 Å². The summed E-state index contributed by atoms with van der Waals surface area (Å²) in [6.07, 6.45) is 3.76. The summed E-state index contributed by atoms with van der Waals surface area (Å²) < 4.78 is 0. The lowest BCUT2D eigenvalue weighted by Crippen LogP contribution is -2.21. The van der Waals surface area contributed by atoms with Crippen LogP contribution in [-0.4, -0.2) is 35.6 Å². The predicted molar refractivity (Wildman–Crippen MR) is 58.1 cm³/mol. The molecule has 0 atom stereocenters. The second kappa shape index (κ2) is 4.91. The quantitative estimate of drug-likeness (QED) is 0.777. The van der Waals surface area contributed by atoms with Gasteiger partial charge in [0.25, 0.3) is 0 Å². The molecule has 1 rings (SSSR count). The second-order valence-electron chi connectivity index (χ2n) is 2.69. The Morgan fingerprint density at radius 3 is 3.00 bits per heavy atom. The highest BCUT2D eigenvalue weighted by Gasteiger charge is 2.01. The average molecular weight is 198 g/mol. The van der Waals surface area contributed by atoms with Crippen molar-refractivity contribution in [3.63, 3.8) is 0 Å². The highest BCUT2D eigenvalue weighted by atomic mass is 32.2. The van der Waals surface area contributed by atoms with E-state index in [1.807, 2.05) is 24.9 Å². The van der Waals surface area contributed by atoms with Crippen molar-refractivity contribution < 1.29 is 0 Å². The van der Waals surface area contributed by atoms with Gasteiger partial charge in [-0.15, -0.1) is 0 Å². The minimum atomic E-state index is 0.327. The van der Waals surface area contributed by atoms with Gasteiger partial charge < -0.3 is 10.6 Å². The van der Waals surface area contributed by atoms with E-state index in [2.05, 4.69) is 21.1 Å². The highest BCUT2D eigenvalue weighted by Crippen LogP contribution is 2.08. The van der Waals surface area contributed by atoms with E-state index in [0.717, 1.165) is 18.1 Å². The number of nitrogens with zero attached hydrogens (tertiary/aromatic N) is 3. The number of anilines is 2. The molecular formula is C8H14N4S. The van der Waals surface area contributed by atoms with Crippen LogP contribution in [0, 0.1) is 0 Å². The van der Waals surface area contributed by atoms with Gasteiger partial charge in [-0.1, -0.05) is 0 Å². The lowest BCUT2D eigenvalue weighted by Gasteiger charge is -2.16. The van der Waals surface area contributed by atoms with Crippen LogP contribution in [0.2, 0.25) is 0 Å². The minimum Gasteiger partial charge on any atom is -0.368 e. The van der Waals surface area contributed by atoms with E-state index >= 15 is 0 Å². The summed E-state index contributed by atoms with van der Waals surface area (Å²) in [5.74, 6) is 2.29. The fourth-order valence-corrected chi connectivity index (χ4v) is 1.38. The number of aromatic nitrogens is 2. The van der Waals surface area contributed by atoms with Crippen molar-refractivity contribution in [1.29, 1.82) is 0 Å². The molecule has 0 saturated heterocycles. The second-order valence-corrected chi connectivity index (χ2v) is 3.67. The zero-order valence-corrected chi connectivity index (χ0v) is 8.71. The largest absolute Gasteiger partial charge is 0.368 e. The maximum Gasteiger partial charge on any atom is 0.221 e. The van der Waals surface area contributed by atoms with Crippen LogP contribution in [0.15, 0.2) is 12.3 Å². The molecule has 0 unspecified atom stereocenters. The molecule has 0 aliphatic carbocycles. The normalized spacial score (nSPS) is 10.0. The summed E-state index contributed by atoms with van der Waals surface area (Å²) >= 11 is 1.81. The lowest BCUT2D eigenvalue weighted by molar-refractivity contribution is 0.940. The first-order chi connectivity index (χ1) is 6.24. The van der Waals surface area contributed by atoms with Gasteiger partial charge >= 0.3 is 0 Å². The average Bonchev–Trinajstić information content (AvgIpc) is 2.14. The molecule has 0 amide bonds. The fourth-order valence-electron chi connectivity index (χ4n) is 0.919. The van der Waals surface area contributed by atoms with Crippen LogP contribution in [0.25, 0.3) is 0 Å². The third-order valence-corrected chi connectivity index (χ3v) is 2.27. The lowest BCUT2D eigenvalue weighted by atomic mass is 10.5. The van der Waals surface area contributed by atoms with Gasteiger partial charge in [-0.2, -0.15) is 16.7 Å². The maximum absolute atomic E-state index is 5.47. The van der Waals surface area contributed by atoms with Crippen molar-refractivity contribution in [2.75, 3.05) is 36.2 Å². The molecule has 1 heterocycles. The molecule has 0 saturated carbocycles. The highest BCUT2D eigenvalue weighted by molar-refractivity contribution is 7.98. The van der Waals surface area contributed by atoms with Crippen LogP contribution in [0.4, 0.5) is 11.8 Å². The molecule has 0 aliphatic rings. The van der Waals surface area contributed by atoms with E-state index < -0.39 is 0 Å². The number of nitrogen functional groups attached to an aromatic ring is 1. The first kappa shape index (κ1) is 10.1. The zero-order valence-electron chi connectivity index (χ0n) is 7.90. The first-order valence-corrected chi connectivity index (χ1v) is 5.42. The molecule has 0 aliphatic heterocycles. The number of hydrogen-bond acceptors (Lipinski definition) is 5. The van der Waals surface area contributed by atoms with E-state index in [1.54, 1.807) is 6.20 Å². The van der Waals surface area contributed by atoms with Gasteiger partial charge in [-0.25, -0.2) is 4.98 Å². The van der Waals surface area contributed by atoms with Gasteiger partial charge in [-0.3, -0.25) is 0 Å². The Hall–Kier alpha value is -0.970. The Bertz CT molecular complexity index is 266. The van der Waals surface area contributed by atoms with Crippen LogP contribution in [0.1, 0.15) is 0 Å². The smallest absolute Gasteiger partial charge is 0.221 e. The molecule has 5 heteroatoms. The van der Waals surface area contributed by atoms with E-state index in [0.29, 0.717) is 5.95 Å². The molecule has 1 aromatic heterocycles. The van der Waals surface area contributed by atoms with Crippen molar-refractivity contribution in [3.8, 4) is 0 Å². The van der Waals surface area contributed by atoms with Gasteiger partial charge in [-0.05, 0) is 12.3 Å². The number of thioether (sulfide) groups is 1. The van der Waals surface area contributed by atoms with E-state index in [1.165, 1.54) is 0 Å². The van der Waals surface area contributed by atoms with Crippen LogP contribution in [0.5, 0.6) is 0 Å². The molecule has 4 nitrogen and oxygen atoms in total. The monoisotopic (exact) mass is 198 g/mol. The Kier molecular flexibility index (Phi) is 3.82. The van der Waals surface area contributed by atoms with Gasteiger partial charge in [0.15, 0.2) is 0 Å². The number of hydrogen-bond donors (Lipinski definition) is 1. The first-order valence-electron chi connectivity index (χ1n) is 4.02. The number of nitrogens with two attached hydrogens (primary N) is 1. The molecule has 72 valence electrons. The molecule has 1 aromatic rings. The minimum absolute atomic E-state index is 0.327. The predicted octanol–water partition coefficient (Wildman–Crippen LogP) is 0.858. The third kappa shape index (κ3) is 3.10. The molecule has 0 aromatic carbocycles. The van der Waals surface area contributed by atoms with Crippen molar-refractivity contribution in [1.82, 2.24) is 9.97 Å². The SMILES string of the molecule is CSCCN(C)c1ccnc(N)n1. The topological polar surface area (TPSA) is 55.0 Å². The molecule has 0 bridgehead atoms. The molecule has 13 heavy (non-hydrogen) atoms. The zero-order chi connectivity index (χ0) is 9.68. The Morgan fingerprint density at radius 1 is 1.62 bits per heavy atom. The summed E-state index contributed by atoms with van der Waals surface area (Å²) in [5.41, 5.74) is 5.47. The molecular weight excluding hydrogens is 184 g/mol. The Morgan fingerprint density at radius 2 is 2.38 bits per heavy atom. The van der Waals surface area contributed by atoms with Crippen LogP contribution in [-0.2, 0) is 0 Å². The van der Waals surface area contributed by atoms with Gasteiger partial charge in [0, 0.05) is 25.5 Å². The summed E-state index contributed by atoms with van der Waals surface area (Å²) in [5, 5.41) is 0. The van der Waals surface area contributed by atoms with E-state index in [4.69, 9.17) is 5.73 Å². The van der Waals surface area contributed by atoms with Gasteiger partial charge in [0.1, 0.15) is 5.82 Å². The number of rotatable bonds is 4. The van der Waals surface area contributed by atoms with Crippen molar-refractivity contribution >= 4 is 23.5 Å². The van der Waals surface area contributed by atoms with Gasteiger partial charge in [0.05, 0.1) is 0 Å². The maximum atomic E-state index is 5.47. The van der Waals surface area contributed by atoms with Crippen molar-refractivity contribution in [3.05, 3.63) is 12.3 Å². The molecule has 0 radical (unpaired) electrons. The fraction of sp³-hybridized carbons (Fsp3) is 0.500. The van der Waals surface area contributed by atoms with E-state index in [9.17, 15) is 0 Å². The van der Waals surface area contributed by atoms with E-state index in [-0.39, 0.29) is 0 Å². The summed E-state index contributed by atoms with van der Waals surface area (Å²) in [6, 6.07) is 1.86. The van der Waals surface area contributed by atoms with Crippen molar-refractivity contribution in [2.24, 2.45) is 0 Å².